The highest BCUT2D eigenvalue weighted by Crippen LogP contribution is 2.20. The highest BCUT2D eigenvalue weighted by atomic mass is 32.1. The minimum absolute atomic E-state index is 0.0677. The van der Waals surface area contributed by atoms with Crippen molar-refractivity contribution in [2.75, 3.05) is 0 Å². The molecular weight excluding hydrogens is 252 g/mol. The first-order valence-corrected chi connectivity index (χ1v) is 7.30. The summed E-state index contributed by atoms with van der Waals surface area (Å²) < 4.78 is 2.22. The zero-order chi connectivity index (χ0) is 13.9. The molecule has 0 unspecified atom stereocenters. The fraction of sp³-hybridized carbons (Fsp3) is 0.312. The molecule has 2 rings (SSSR count). The maximum absolute atomic E-state index is 4.79. The predicted octanol–water partition coefficient (Wildman–Crippen LogP) is 4.10. The molecule has 0 saturated carbocycles. The quantitative estimate of drug-likeness (QED) is 0.748. The number of aromatic nitrogens is 1. The Hall–Kier alpha value is -1.61. The van der Waals surface area contributed by atoms with Crippen LogP contribution in [0.3, 0.4) is 0 Å². The van der Waals surface area contributed by atoms with Crippen molar-refractivity contribution < 1.29 is 0 Å². The number of benzene rings is 1. The van der Waals surface area contributed by atoms with E-state index < -0.39 is 0 Å². The van der Waals surface area contributed by atoms with E-state index in [4.69, 9.17) is 4.99 Å². The van der Waals surface area contributed by atoms with Crippen molar-refractivity contribution in [3.63, 3.8) is 0 Å². The van der Waals surface area contributed by atoms with Gasteiger partial charge in [0.05, 0.1) is 11.2 Å². The first kappa shape index (κ1) is 13.8. The number of hydrogen-bond acceptors (Lipinski definition) is 2. The summed E-state index contributed by atoms with van der Waals surface area (Å²) in [5.41, 5.74) is 2.35. The lowest BCUT2D eigenvalue weighted by atomic mass is 10.1. The Morgan fingerprint density at radius 1 is 1.26 bits per heavy atom. The second kappa shape index (κ2) is 5.57. The molecule has 1 heterocycles. The van der Waals surface area contributed by atoms with Crippen LogP contribution in [-0.4, -0.2) is 10.1 Å². The van der Waals surface area contributed by atoms with E-state index in [-0.39, 0.29) is 5.54 Å². The molecule has 0 bridgehead atoms. The zero-order valence-electron chi connectivity index (χ0n) is 11.8. The van der Waals surface area contributed by atoms with Crippen molar-refractivity contribution in [2.45, 2.75) is 32.9 Å². The summed E-state index contributed by atoms with van der Waals surface area (Å²) in [6, 6.07) is 10.4. The fourth-order valence-corrected chi connectivity index (χ4v) is 2.96. The van der Waals surface area contributed by atoms with Gasteiger partial charge in [-0.25, -0.2) is 0 Å². The molecule has 100 valence electrons. The Morgan fingerprint density at radius 2 is 1.95 bits per heavy atom. The van der Waals surface area contributed by atoms with Crippen LogP contribution in [0, 0.1) is 0 Å². The lowest BCUT2D eigenvalue weighted by Crippen LogP contribution is -2.22. The van der Waals surface area contributed by atoms with E-state index in [1.165, 1.54) is 11.3 Å². The van der Waals surface area contributed by atoms with Gasteiger partial charge in [-0.1, -0.05) is 36.4 Å². The minimum atomic E-state index is -0.0677. The van der Waals surface area contributed by atoms with E-state index in [1.54, 1.807) is 11.3 Å². The van der Waals surface area contributed by atoms with Crippen molar-refractivity contribution in [3.05, 3.63) is 53.2 Å². The van der Waals surface area contributed by atoms with Crippen LogP contribution in [0.5, 0.6) is 0 Å². The maximum atomic E-state index is 4.79. The number of rotatable bonds is 3. The summed E-state index contributed by atoms with van der Waals surface area (Å²) in [4.78, 5) is 5.84. The summed E-state index contributed by atoms with van der Waals surface area (Å²) >= 11 is 1.69. The van der Waals surface area contributed by atoms with E-state index in [2.05, 4.69) is 61.6 Å². The van der Waals surface area contributed by atoms with Gasteiger partial charge in [-0.2, -0.15) is 0 Å². The minimum Gasteiger partial charge on any atom is -0.313 e. The Morgan fingerprint density at radius 3 is 2.53 bits per heavy atom. The molecule has 1 aromatic heterocycles. The number of nitrogens with zero attached hydrogens (tertiary/aromatic N) is 2. The van der Waals surface area contributed by atoms with E-state index in [9.17, 15) is 0 Å². The number of allylic oxidation sites excluding steroid dienone is 1. The van der Waals surface area contributed by atoms with Crippen LogP contribution in [-0.2, 0) is 6.54 Å². The number of hydrogen-bond donors (Lipinski definition) is 0. The molecular formula is C16H20N2S. The van der Waals surface area contributed by atoms with Crippen molar-refractivity contribution >= 4 is 11.3 Å². The molecule has 0 saturated heterocycles. The van der Waals surface area contributed by atoms with Gasteiger partial charge in [-0.15, -0.1) is 17.9 Å². The lowest BCUT2D eigenvalue weighted by Gasteiger charge is -2.12. The van der Waals surface area contributed by atoms with Crippen LogP contribution < -0.4 is 4.80 Å². The Bertz CT molecular complexity index is 612. The second-order valence-corrected chi connectivity index (χ2v) is 6.29. The van der Waals surface area contributed by atoms with Gasteiger partial charge in [-0.05, 0) is 26.3 Å². The van der Waals surface area contributed by atoms with Gasteiger partial charge in [0.25, 0.3) is 0 Å². The molecule has 0 N–H and O–H groups in total. The molecule has 1 aromatic carbocycles. The SMILES string of the molecule is C=CCn1c(-c2ccccc2)csc1=NC(C)(C)C. The molecule has 0 aliphatic rings. The average Bonchev–Trinajstić information content (AvgIpc) is 2.72. The fourth-order valence-electron chi connectivity index (χ4n) is 1.85. The summed E-state index contributed by atoms with van der Waals surface area (Å²) in [6.45, 7) is 11.0. The third-order valence-corrected chi connectivity index (χ3v) is 3.47. The molecule has 0 aliphatic carbocycles. The highest BCUT2D eigenvalue weighted by molar-refractivity contribution is 7.07. The molecule has 2 aromatic rings. The monoisotopic (exact) mass is 272 g/mol. The van der Waals surface area contributed by atoms with Crippen LogP contribution >= 0.6 is 11.3 Å². The van der Waals surface area contributed by atoms with E-state index >= 15 is 0 Å². The molecule has 0 amide bonds. The van der Waals surface area contributed by atoms with Gasteiger partial charge in [0.2, 0.25) is 0 Å². The summed E-state index contributed by atoms with van der Waals surface area (Å²) in [5.74, 6) is 0. The summed E-state index contributed by atoms with van der Waals surface area (Å²) in [6.07, 6.45) is 1.92. The van der Waals surface area contributed by atoms with E-state index in [0.717, 1.165) is 11.3 Å². The second-order valence-electron chi connectivity index (χ2n) is 5.45. The zero-order valence-corrected chi connectivity index (χ0v) is 12.6. The largest absolute Gasteiger partial charge is 0.313 e. The molecule has 0 fully saturated rings. The third kappa shape index (κ3) is 3.44. The molecule has 19 heavy (non-hydrogen) atoms. The van der Waals surface area contributed by atoms with Gasteiger partial charge in [-0.3, -0.25) is 4.99 Å². The van der Waals surface area contributed by atoms with Crippen LogP contribution in [0.15, 0.2) is 53.4 Å². The van der Waals surface area contributed by atoms with Crippen LogP contribution in [0.25, 0.3) is 11.3 Å². The predicted molar refractivity (Wildman–Crippen MR) is 83.3 cm³/mol. The van der Waals surface area contributed by atoms with Crippen molar-refractivity contribution in [1.29, 1.82) is 0 Å². The highest BCUT2D eigenvalue weighted by Gasteiger charge is 2.11. The molecule has 0 spiro atoms. The van der Waals surface area contributed by atoms with Gasteiger partial charge in [0.15, 0.2) is 4.80 Å². The number of thiazole rings is 1. The van der Waals surface area contributed by atoms with E-state index in [1.807, 2.05) is 12.1 Å². The first-order valence-electron chi connectivity index (χ1n) is 6.42. The van der Waals surface area contributed by atoms with Gasteiger partial charge < -0.3 is 4.57 Å². The Kier molecular flexibility index (Phi) is 4.05. The van der Waals surface area contributed by atoms with E-state index in [0.29, 0.717) is 0 Å². The maximum Gasteiger partial charge on any atom is 0.186 e. The first-order chi connectivity index (χ1) is 9.01. The average molecular weight is 272 g/mol. The summed E-state index contributed by atoms with van der Waals surface area (Å²) in [5, 5.41) is 2.17. The van der Waals surface area contributed by atoms with Crippen molar-refractivity contribution in [3.8, 4) is 11.3 Å². The molecule has 2 nitrogen and oxygen atoms in total. The Balaban J connectivity index is 2.59. The molecule has 3 heteroatoms. The third-order valence-electron chi connectivity index (χ3n) is 2.61. The smallest absolute Gasteiger partial charge is 0.186 e. The van der Waals surface area contributed by atoms with Gasteiger partial charge in [0, 0.05) is 11.9 Å². The van der Waals surface area contributed by atoms with Crippen LogP contribution in [0.4, 0.5) is 0 Å². The lowest BCUT2D eigenvalue weighted by molar-refractivity contribution is 0.555. The van der Waals surface area contributed by atoms with Gasteiger partial charge >= 0.3 is 0 Å². The topological polar surface area (TPSA) is 17.3 Å². The molecule has 0 atom stereocenters. The summed E-state index contributed by atoms with van der Waals surface area (Å²) in [7, 11) is 0. The Labute approximate surface area is 118 Å². The van der Waals surface area contributed by atoms with Crippen molar-refractivity contribution in [1.82, 2.24) is 4.57 Å². The normalized spacial score (nSPS) is 12.7. The molecule has 0 radical (unpaired) electrons. The van der Waals surface area contributed by atoms with Gasteiger partial charge in [0.1, 0.15) is 0 Å². The van der Waals surface area contributed by atoms with Crippen molar-refractivity contribution in [2.24, 2.45) is 4.99 Å². The molecule has 0 aliphatic heterocycles. The van der Waals surface area contributed by atoms with Crippen LogP contribution in [0.2, 0.25) is 0 Å². The van der Waals surface area contributed by atoms with Crippen LogP contribution in [0.1, 0.15) is 20.8 Å². The standard InChI is InChI=1S/C16H20N2S/c1-5-11-18-14(13-9-7-6-8-10-13)12-19-15(18)17-16(2,3)4/h5-10,12H,1,11H2,2-4H3.